The van der Waals surface area contributed by atoms with Crippen LogP contribution in [0.3, 0.4) is 0 Å². The van der Waals surface area contributed by atoms with E-state index in [9.17, 15) is 9.59 Å². The largest absolute Gasteiger partial charge is 0.469 e. The molecule has 116 valence electrons. The lowest BCUT2D eigenvalue weighted by Gasteiger charge is -2.24. The molecule has 0 atom stereocenters. The second kappa shape index (κ2) is 8.82. The number of halogens is 1. The van der Waals surface area contributed by atoms with Crippen LogP contribution in [0.4, 0.5) is 0 Å². The molecule has 0 aliphatic rings. The van der Waals surface area contributed by atoms with Crippen molar-refractivity contribution in [3.05, 3.63) is 35.4 Å². The standard InChI is InChI=1S/C16H22BrNO3/c1-12(2)11-18(9-8-15(19)21-3)16(20)14-6-4-13(10-17)5-7-14/h4-7,12H,8-11H2,1-3H3. The van der Waals surface area contributed by atoms with Gasteiger partial charge in [-0.3, -0.25) is 9.59 Å². The number of hydrogen-bond donors (Lipinski definition) is 0. The molecule has 0 saturated carbocycles. The number of esters is 1. The predicted octanol–water partition coefficient (Wildman–Crippen LogP) is 3.24. The molecule has 0 N–H and O–H groups in total. The lowest BCUT2D eigenvalue weighted by molar-refractivity contribution is -0.140. The smallest absolute Gasteiger partial charge is 0.307 e. The summed E-state index contributed by atoms with van der Waals surface area (Å²) in [6.45, 7) is 5.10. The zero-order valence-corrected chi connectivity index (χ0v) is 14.4. The quantitative estimate of drug-likeness (QED) is 0.557. The molecule has 0 aliphatic carbocycles. The third-order valence-corrected chi connectivity index (χ3v) is 3.69. The number of hydrogen-bond acceptors (Lipinski definition) is 3. The zero-order valence-electron chi connectivity index (χ0n) is 12.8. The van der Waals surface area contributed by atoms with Crippen molar-refractivity contribution in [3.8, 4) is 0 Å². The molecule has 0 heterocycles. The second-order valence-electron chi connectivity index (χ2n) is 5.30. The van der Waals surface area contributed by atoms with Crippen molar-refractivity contribution < 1.29 is 14.3 Å². The van der Waals surface area contributed by atoms with Gasteiger partial charge < -0.3 is 9.64 Å². The number of amides is 1. The minimum Gasteiger partial charge on any atom is -0.469 e. The lowest BCUT2D eigenvalue weighted by atomic mass is 10.1. The van der Waals surface area contributed by atoms with Gasteiger partial charge in [-0.15, -0.1) is 0 Å². The Morgan fingerprint density at radius 1 is 1.24 bits per heavy atom. The zero-order chi connectivity index (χ0) is 15.8. The molecular weight excluding hydrogens is 334 g/mol. The van der Waals surface area contributed by atoms with Crippen molar-refractivity contribution in [2.75, 3.05) is 20.2 Å². The van der Waals surface area contributed by atoms with Crippen LogP contribution in [0, 0.1) is 5.92 Å². The molecule has 1 aromatic rings. The molecule has 1 aromatic carbocycles. The Hall–Kier alpha value is -1.36. The first-order valence-electron chi connectivity index (χ1n) is 6.99. The minimum absolute atomic E-state index is 0.0475. The number of ether oxygens (including phenoxy) is 1. The highest BCUT2D eigenvalue weighted by Crippen LogP contribution is 2.12. The molecule has 0 aliphatic heterocycles. The fourth-order valence-corrected chi connectivity index (χ4v) is 2.34. The molecule has 5 heteroatoms. The van der Waals surface area contributed by atoms with Crippen molar-refractivity contribution in [1.82, 2.24) is 4.90 Å². The van der Waals surface area contributed by atoms with Crippen molar-refractivity contribution in [3.63, 3.8) is 0 Å². The van der Waals surface area contributed by atoms with Crippen molar-refractivity contribution in [2.24, 2.45) is 5.92 Å². The van der Waals surface area contributed by atoms with Crippen LogP contribution < -0.4 is 0 Å². The summed E-state index contributed by atoms with van der Waals surface area (Å²) in [5.74, 6) is -0.00618. The topological polar surface area (TPSA) is 46.6 Å². The van der Waals surface area contributed by atoms with Gasteiger partial charge in [-0.2, -0.15) is 0 Å². The highest BCUT2D eigenvalue weighted by Gasteiger charge is 2.18. The number of nitrogens with zero attached hydrogens (tertiary/aromatic N) is 1. The van der Waals surface area contributed by atoms with Gasteiger partial charge in [0.1, 0.15) is 0 Å². The van der Waals surface area contributed by atoms with Crippen LogP contribution in [-0.2, 0) is 14.9 Å². The van der Waals surface area contributed by atoms with Gasteiger partial charge in [0.2, 0.25) is 0 Å². The molecule has 0 fully saturated rings. The Bertz CT molecular complexity index is 471. The Morgan fingerprint density at radius 2 is 1.86 bits per heavy atom. The molecule has 0 spiro atoms. The molecule has 0 saturated heterocycles. The van der Waals surface area contributed by atoms with Crippen LogP contribution in [0.1, 0.15) is 36.2 Å². The number of benzene rings is 1. The maximum Gasteiger partial charge on any atom is 0.307 e. The summed E-state index contributed by atoms with van der Waals surface area (Å²) in [6, 6.07) is 7.50. The van der Waals surface area contributed by atoms with Gasteiger partial charge in [0, 0.05) is 24.0 Å². The van der Waals surface area contributed by atoms with E-state index in [2.05, 4.69) is 20.7 Å². The van der Waals surface area contributed by atoms with Crippen molar-refractivity contribution in [1.29, 1.82) is 0 Å². The second-order valence-corrected chi connectivity index (χ2v) is 5.86. The van der Waals surface area contributed by atoms with E-state index in [0.717, 1.165) is 10.9 Å². The molecule has 0 unspecified atom stereocenters. The minimum atomic E-state index is -0.300. The maximum atomic E-state index is 12.5. The van der Waals surface area contributed by atoms with Crippen LogP contribution >= 0.6 is 15.9 Å². The van der Waals surface area contributed by atoms with Crippen LogP contribution in [0.25, 0.3) is 0 Å². The summed E-state index contributed by atoms with van der Waals surface area (Å²) in [5.41, 5.74) is 1.77. The normalized spacial score (nSPS) is 10.5. The number of rotatable bonds is 7. The average Bonchev–Trinajstić information content (AvgIpc) is 2.50. The highest BCUT2D eigenvalue weighted by molar-refractivity contribution is 9.08. The molecule has 0 radical (unpaired) electrons. The van der Waals surface area contributed by atoms with Gasteiger partial charge in [0.05, 0.1) is 13.5 Å². The number of carbonyl (C=O) groups excluding carboxylic acids is 2. The fraction of sp³-hybridized carbons (Fsp3) is 0.500. The van der Waals surface area contributed by atoms with Gasteiger partial charge >= 0.3 is 5.97 Å². The number of methoxy groups -OCH3 is 1. The SMILES string of the molecule is COC(=O)CCN(CC(C)C)C(=O)c1ccc(CBr)cc1. The first-order chi connectivity index (χ1) is 9.97. The average molecular weight is 356 g/mol. The monoisotopic (exact) mass is 355 g/mol. The van der Waals surface area contributed by atoms with Crippen molar-refractivity contribution in [2.45, 2.75) is 25.6 Å². The first-order valence-corrected chi connectivity index (χ1v) is 8.11. The van der Waals surface area contributed by atoms with E-state index in [-0.39, 0.29) is 18.3 Å². The Balaban J connectivity index is 2.79. The molecule has 21 heavy (non-hydrogen) atoms. The molecule has 1 amide bonds. The molecule has 1 rings (SSSR count). The maximum absolute atomic E-state index is 12.5. The van der Waals surface area contributed by atoms with E-state index >= 15 is 0 Å². The Kier molecular flexibility index (Phi) is 7.43. The first kappa shape index (κ1) is 17.7. The summed E-state index contributed by atoms with van der Waals surface area (Å²) in [4.78, 5) is 25.5. The Labute approximate surface area is 134 Å². The van der Waals surface area contributed by atoms with E-state index < -0.39 is 0 Å². The van der Waals surface area contributed by atoms with E-state index in [1.807, 2.05) is 38.1 Å². The van der Waals surface area contributed by atoms with Crippen molar-refractivity contribution >= 4 is 27.8 Å². The van der Waals surface area contributed by atoms with Gasteiger partial charge in [-0.1, -0.05) is 41.9 Å². The van der Waals surface area contributed by atoms with Gasteiger partial charge in [-0.05, 0) is 23.6 Å². The van der Waals surface area contributed by atoms with Gasteiger partial charge in [0.15, 0.2) is 0 Å². The molecule has 4 nitrogen and oxygen atoms in total. The summed E-state index contributed by atoms with van der Waals surface area (Å²) in [5, 5.41) is 0.763. The summed E-state index contributed by atoms with van der Waals surface area (Å²) in [7, 11) is 1.36. The summed E-state index contributed by atoms with van der Waals surface area (Å²) >= 11 is 3.38. The molecule has 0 aromatic heterocycles. The van der Waals surface area contributed by atoms with Crippen LogP contribution in [0.15, 0.2) is 24.3 Å². The molecule has 0 bridgehead atoms. The van der Waals surface area contributed by atoms with Crippen LogP contribution in [-0.4, -0.2) is 37.0 Å². The fourth-order valence-electron chi connectivity index (χ4n) is 1.96. The van der Waals surface area contributed by atoms with Gasteiger partial charge in [-0.25, -0.2) is 0 Å². The summed E-state index contributed by atoms with van der Waals surface area (Å²) in [6.07, 6.45) is 0.217. The van der Waals surface area contributed by atoms with E-state index in [4.69, 9.17) is 0 Å². The van der Waals surface area contributed by atoms with Crippen LogP contribution in [0.2, 0.25) is 0 Å². The van der Waals surface area contributed by atoms with Gasteiger partial charge in [0.25, 0.3) is 5.91 Å². The van der Waals surface area contributed by atoms with E-state index in [1.54, 1.807) is 4.90 Å². The van der Waals surface area contributed by atoms with E-state index in [1.165, 1.54) is 7.11 Å². The third kappa shape index (κ3) is 5.87. The lowest BCUT2D eigenvalue weighted by Crippen LogP contribution is -2.36. The summed E-state index contributed by atoms with van der Waals surface area (Å²) < 4.78 is 4.64. The Morgan fingerprint density at radius 3 is 2.33 bits per heavy atom. The third-order valence-electron chi connectivity index (χ3n) is 3.04. The molecular formula is C16H22BrNO3. The predicted molar refractivity (Wildman–Crippen MR) is 86.4 cm³/mol. The van der Waals surface area contributed by atoms with Crippen LogP contribution in [0.5, 0.6) is 0 Å². The highest BCUT2D eigenvalue weighted by atomic mass is 79.9. The number of alkyl halides is 1. The van der Waals surface area contributed by atoms with E-state index in [0.29, 0.717) is 24.6 Å². The number of carbonyl (C=O) groups is 2.